The molecule has 2 heterocycles. The molecule has 0 unspecified atom stereocenters. The first kappa shape index (κ1) is 16.6. The van der Waals surface area contributed by atoms with Gasteiger partial charge in [-0.1, -0.05) is 36.4 Å². The number of methoxy groups -OCH3 is 1. The summed E-state index contributed by atoms with van der Waals surface area (Å²) >= 11 is 1.73. The lowest BCUT2D eigenvalue weighted by Gasteiger charge is -2.12. The highest BCUT2D eigenvalue weighted by molar-refractivity contribution is 8.14. The average molecular weight is 362 g/mol. The minimum Gasteiger partial charge on any atom is -0.495 e. The van der Waals surface area contributed by atoms with Gasteiger partial charge in [0.2, 0.25) is 5.95 Å². The second-order valence-electron chi connectivity index (χ2n) is 5.71. The lowest BCUT2D eigenvalue weighted by Crippen LogP contribution is -2.04. The van der Waals surface area contributed by atoms with Gasteiger partial charge < -0.3 is 10.1 Å². The standard InChI is InChI=1S/C20H18N4OS/c1-25-18-8-7-15(14-5-3-2-4-6-14)13-17(18)24-20-22-10-9-16(23-20)19-21-11-12-26-19/h2-10,13H,11-12H2,1H3,(H,22,23,24). The third-order valence-corrected chi connectivity index (χ3v) is 5.01. The molecule has 0 spiro atoms. The Balaban J connectivity index is 1.66. The van der Waals surface area contributed by atoms with Crippen LogP contribution in [-0.2, 0) is 0 Å². The van der Waals surface area contributed by atoms with Crippen molar-refractivity contribution in [2.75, 3.05) is 24.7 Å². The Morgan fingerprint density at radius 1 is 1.04 bits per heavy atom. The van der Waals surface area contributed by atoms with Crippen molar-refractivity contribution in [3.05, 3.63) is 66.5 Å². The number of anilines is 2. The van der Waals surface area contributed by atoms with E-state index >= 15 is 0 Å². The van der Waals surface area contributed by atoms with Crippen LogP contribution < -0.4 is 10.1 Å². The first-order valence-corrected chi connectivity index (χ1v) is 9.33. The van der Waals surface area contributed by atoms with Crippen molar-refractivity contribution in [3.8, 4) is 16.9 Å². The van der Waals surface area contributed by atoms with Gasteiger partial charge in [-0.3, -0.25) is 4.99 Å². The number of aliphatic imine (C=N–C) groups is 1. The van der Waals surface area contributed by atoms with Crippen LogP contribution in [0, 0.1) is 0 Å². The fourth-order valence-corrected chi connectivity index (χ4v) is 3.58. The molecule has 0 saturated carbocycles. The van der Waals surface area contributed by atoms with E-state index in [2.05, 4.69) is 32.4 Å². The first-order chi connectivity index (χ1) is 12.8. The van der Waals surface area contributed by atoms with E-state index in [4.69, 9.17) is 4.74 Å². The van der Waals surface area contributed by atoms with E-state index in [1.165, 1.54) is 0 Å². The highest BCUT2D eigenvalue weighted by Gasteiger charge is 2.13. The molecular formula is C20H18N4OS. The number of rotatable bonds is 5. The summed E-state index contributed by atoms with van der Waals surface area (Å²) in [6.45, 7) is 0.847. The van der Waals surface area contributed by atoms with E-state index in [1.54, 1.807) is 25.1 Å². The maximum absolute atomic E-state index is 5.49. The van der Waals surface area contributed by atoms with Crippen molar-refractivity contribution in [3.63, 3.8) is 0 Å². The fourth-order valence-electron chi connectivity index (χ4n) is 2.76. The zero-order valence-corrected chi connectivity index (χ0v) is 15.2. The molecule has 5 nitrogen and oxygen atoms in total. The average Bonchev–Trinajstić information content (AvgIpc) is 3.24. The molecule has 2 aromatic carbocycles. The van der Waals surface area contributed by atoms with Crippen LogP contribution in [0.15, 0.2) is 65.8 Å². The van der Waals surface area contributed by atoms with E-state index in [-0.39, 0.29) is 0 Å². The molecule has 0 amide bonds. The molecule has 1 aliphatic rings. The molecule has 1 aliphatic heterocycles. The highest BCUT2D eigenvalue weighted by Crippen LogP contribution is 2.32. The van der Waals surface area contributed by atoms with Crippen LogP contribution in [0.25, 0.3) is 11.1 Å². The Morgan fingerprint density at radius 2 is 1.92 bits per heavy atom. The Hall–Kier alpha value is -2.86. The van der Waals surface area contributed by atoms with Gasteiger partial charge in [0.15, 0.2) is 0 Å². The van der Waals surface area contributed by atoms with E-state index in [0.717, 1.165) is 45.6 Å². The zero-order valence-electron chi connectivity index (χ0n) is 14.3. The predicted octanol–water partition coefficient (Wildman–Crippen LogP) is 4.39. The van der Waals surface area contributed by atoms with Crippen molar-refractivity contribution in [1.29, 1.82) is 0 Å². The molecule has 0 atom stereocenters. The van der Waals surface area contributed by atoms with Crippen molar-refractivity contribution in [2.24, 2.45) is 4.99 Å². The second-order valence-corrected chi connectivity index (χ2v) is 6.79. The molecule has 1 N–H and O–H groups in total. The smallest absolute Gasteiger partial charge is 0.227 e. The number of nitrogens with zero attached hydrogens (tertiary/aromatic N) is 3. The molecule has 3 aromatic rings. The Labute approximate surface area is 156 Å². The van der Waals surface area contributed by atoms with Gasteiger partial charge in [-0.15, -0.1) is 11.8 Å². The number of aromatic nitrogens is 2. The molecule has 130 valence electrons. The van der Waals surface area contributed by atoms with E-state index in [0.29, 0.717) is 5.95 Å². The summed E-state index contributed by atoms with van der Waals surface area (Å²) in [7, 11) is 1.66. The second kappa shape index (κ2) is 7.58. The summed E-state index contributed by atoms with van der Waals surface area (Å²) in [6, 6.07) is 18.2. The molecule has 26 heavy (non-hydrogen) atoms. The number of benzene rings is 2. The summed E-state index contributed by atoms with van der Waals surface area (Å²) in [5.74, 6) is 2.28. The SMILES string of the molecule is COc1ccc(-c2ccccc2)cc1Nc1nccc(C2=NCCS2)n1. The maximum atomic E-state index is 5.49. The normalized spacial score (nSPS) is 13.3. The predicted molar refractivity (Wildman–Crippen MR) is 108 cm³/mol. The van der Waals surface area contributed by atoms with Crippen LogP contribution in [0.3, 0.4) is 0 Å². The summed E-state index contributed by atoms with van der Waals surface area (Å²) in [5, 5.41) is 4.26. The molecule has 0 saturated heterocycles. The number of ether oxygens (including phenoxy) is 1. The van der Waals surface area contributed by atoms with Crippen LogP contribution in [0.5, 0.6) is 5.75 Å². The van der Waals surface area contributed by atoms with Gasteiger partial charge in [-0.2, -0.15) is 0 Å². The topological polar surface area (TPSA) is 59.4 Å². The number of hydrogen-bond donors (Lipinski definition) is 1. The van der Waals surface area contributed by atoms with E-state index in [1.807, 2.05) is 42.5 Å². The molecule has 4 rings (SSSR count). The highest BCUT2D eigenvalue weighted by atomic mass is 32.2. The number of hydrogen-bond acceptors (Lipinski definition) is 6. The maximum Gasteiger partial charge on any atom is 0.227 e. The molecule has 0 aliphatic carbocycles. The van der Waals surface area contributed by atoms with Crippen molar-refractivity contribution < 1.29 is 4.74 Å². The Morgan fingerprint density at radius 3 is 2.69 bits per heavy atom. The summed E-state index contributed by atoms with van der Waals surface area (Å²) < 4.78 is 5.49. The van der Waals surface area contributed by atoms with Gasteiger partial charge >= 0.3 is 0 Å². The van der Waals surface area contributed by atoms with Crippen LogP contribution in [0.1, 0.15) is 5.69 Å². The van der Waals surface area contributed by atoms with Gasteiger partial charge in [0.1, 0.15) is 16.5 Å². The number of nitrogens with one attached hydrogen (secondary N) is 1. The van der Waals surface area contributed by atoms with Crippen LogP contribution in [0.2, 0.25) is 0 Å². The summed E-state index contributed by atoms with van der Waals surface area (Å²) in [6.07, 6.45) is 1.75. The van der Waals surface area contributed by atoms with Gasteiger partial charge in [0.25, 0.3) is 0 Å². The summed E-state index contributed by atoms with van der Waals surface area (Å²) in [4.78, 5) is 13.4. The lowest BCUT2D eigenvalue weighted by atomic mass is 10.0. The van der Waals surface area contributed by atoms with Gasteiger partial charge in [0.05, 0.1) is 12.8 Å². The van der Waals surface area contributed by atoms with E-state index < -0.39 is 0 Å². The van der Waals surface area contributed by atoms with Crippen LogP contribution in [0.4, 0.5) is 11.6 Å². The van der Waals surface area contributed by atoms with Crippen molar-refractivity contribution >= 4 is 28.4 Å². The molecular weight excluding hydrogens is 344 g/mol. The van der Waals surface area contributed by atoms with Crippen molar-refractivity contribution in [2.45, 2.75) is 0 Å². The third-order valence-electron chi connectivity index (χ3n) is 4.01. The quantitative estimate of drug-likeness (QED) is 0.729. The Kier molecular flexibility index (Phi) is 4.84. The first-order valence-electron chi connectivity index (χ1n) is 8.34. The van der Waals surface area contributed by atoms with Crippen LogP contribution in [-0.4, -0.2) is 34.4 Å². The van der Waals surface area contributed by atoms with Gasteiger partial charge in [-0.25, -0.2) is 9.97 Å². The Bertz CT molecular complexity index is 944. The monoisotopic (exact) mass is 362 g/mol. The van der Waals surface area contributed by atoms with Gasteiger partial charge in [0, 0.05) is 18.5 Å². The zero-order chi connectivity index (χ0) is 17.8. The molecule has 1 aromatic heterocycles. The molecule has 0 bridgehead atoms. The minimum atomic E-state index is 0.529. The van der Waals surface area contributed by atoms with Crippen molar-refractivity contribution in [1.82, 2.24) is 9.97 Å². The third kappa shape index (κ3) is 3.55. The summed E-state index contributed by atoms with van der Waals surface area (Å²) in [5.41, 5.74) is 3.92. The fraction of sp³-hybridized carbons (Fsp3) is 0.150. The lowest BCUT2D eigenvalue weighted by molar-refractivity contribution is 0.417. The van der Waals surface area contributed by atoms with Gasteiger partial charge in [-0.05, 0) is 29.3 Å². The number of thioether (sulfide) groups is 1. The van der Waals surface area contributed by atoms with Crippen LogP contribution >= 0.6 is 11.8 Å². The largest absolute Gasteiger partial charge is 0.495 e. The molecule has 0 radical (unpaired) electrons. The molecule has 6 heteroatoms. The van der Waals surface area contributed by atoms with E-state index in [9.17, 15) is 0 Å². The molecule has 0 fully saturated rings. The minimum absolute atomic E-state index is 0.529.